The molecular weight excluding hydrogens is 637 g/mol. The van der Waals surface area contributed by atoms with E-state index in [1.54, 1.807) is 28.0 Å². The van der Waals surface area contributed by atoms with Crippen LogP contribution in [0.15, 0.2) is 36.4 Å². The number of hydrogen-bond donors (Lipinski definition) is 1. The Hall–Kier alpha value is -3.19. The molecule has 0 bridgehead atoms. The predicted octanol–water partition coefficient (Wildman–Crippen LogP) is 6.82. The van der Waals surface area contributed by atoms with Crippen LogP contribution < -0.4 is 10.2 Å². The van der Waals surface area contributed by atoms with Gasteiger partial charge in [-0.25, -0.2) is 4.79 Å². The number of benzene rings is 2. The summed E-state index contributed by atoms with van der Waals surface area (Å²) in [6.07, 6.45) is -8.88. The van der Waals surface area contributed by atoms with Gasteiger partial charge < -0.3 is 15.1 Å². The lowest BCUT2D eigenvalue weighted by molar-refractivity contribution is -0.143. The molecule has 2 aromatic rings. The highest BCUT2D eigenvalue weighted by atomic mass is 35.5. The largest absolute Gasteiger partial charge is 0.416 e. The molecule has 2 aliphatic heterocycles. The highest BCUT2D eigenvalue weighted by Crippen LogP contribution is 2.39. The molecule has 44 heavy (non-hydrogen) atoms. The maximum atomic E-state index is 13.5. The zero-order valence-corrected chi connectivity index (χ0v) is 25.2. The molecule has 0 spiro atoms. The summed E-state index contributed by atoms with van der Waals surface area (Å²) >= 11 is 12.3. The lowest BCUT2D eigenvalue weighted by atomic mass is 9.84. The standard InChI is InChI=1S/C29H30Cl2F6N4O3/c1-16(42)40-8-5-17(6-9-40)26(43)41-10-7-25(22(15-41)18-3-4-23(30)24(31)11-18)38-27(44)39(2)21-13-19(28(32,33)34)12-20(14-21)29(35,36)37/h3-4,11-14,17,22,25H,5-10,15H2,1-2H3,(H,38,44). The number of hydrogen-bond acceptors (Lipinski definition) is 3. The van der Waals surface area contributed by atoms with Gasteiger partial charge in [0.15, 0.2) is 0 Å². The third-order valence-corrected chi connectivity index (χ3v) is 8.90. The molecule has 2 saturated heterocycles. The van der Waals surface area contributed by atoms with E-state index in [1.807, 2.05) is 0 Å². The van der Waals surface area contributed by atoms with Crippen molar-refractivity contribution in [2.24, 2.45) is 5.92 Å². The first-order valence-corrected chi connectivity index (χ1v) is 14.5. The minimum absolute atomic E-state index is 0.00770. The first-order chi connectivity index (χ1) is 20.5. The van der Waals surface area contributed by atoms with Gasteiger partial charge >= 0.3 is 18.4 Å². The second-order valence-corrected chi connectivity index (χ2v) is 11.8. The molecule has 0 aliphatic carbocycles. The Balaban J connectivity index is 1.56. The van der Waals surface area contributed by atoms with Crippen molar-refractivity contribution in [3.63, 3.8) is 0 Å². The van der Waals surface area contributed by atoms with Crippen molar-refractivity contribution in [1.82, 2.24) is 15.1 Å². The third kappa shape index (κ3) is 7.71. The smallest absolute Gasteiger partial charge is 0.343 e. The van der Waals surface area contributed by atoms with Crippen LogP contribution in [-0.4, -0.2) is 66.9 Å². The lowest BCUT2D eigenvalue weighted by Gasteiger charge is -2.42. The van der Waals surface area contributed by atoms with E-state index in [9.17, 15) is 40.7 Å². The van der Waals surface area contributed by atoms with E-state index < -0.39 is 47.2 Å². The van der Waals surface area contributed by atoms with Crippen molar-refractivity contribution >= 4 is 46.7 Å². The molecule has 2 heterocycles. The van der Waals surface area contributed by atoms with Gasteiger partial charge in [0.25, 0.3) is 0 Å². The molecule has 1 N–H and O–H groups in total. The third-order valence-electron chi connectivity index (χ3n) is 8.16. The first kappa shape index (κ1) is 33.7. The van der Waals surface area contributed by atoms with Gasteiger partial charge in [-0.1, -0.05) is 29.3 Å². The van der Waals surface area contributed by atoms with Gasteiger partial charge in [0.05, 0.1) is 21.2 Å². The van der Waals surface area contributed by atoms with Gasteiger partial charge in [0, 0.05) is 63.7 Å². The second-order valence-electron chi connectivity index (χ2n) is 11.0. The van der Waals surface area contributed by atoms with E-state index in [1.165, 1.54) is 6.92 Å². The highest BCUT2D eigenvalue weighted by molar-refractivity contribution is 6.42. The van der Waals surface area contributed by atoms with Gasteiger partial charge in [0.1, 0.15) is 0 Å². The Morgan fingerprint density at radius 1 is 0.841 bits per heavy atom. The minimum atomic E-state index is -5.08. The molecule has 2 aliphatic rings. The maximum Gasteiger partial charge on any atom is 0.416 e. The number of nitrogens with one attached hydrogen (secondary N) is 1. The molecule has 0 radical (unpaired) electrons. The molecule has 4 rings (SSSR count). The van der Waals surface area contributed by atoms with E-state index >= 15 is 0 Å². The Kier molecular flexibility index (Phi) is 9.99. The summed E-state index contributed by atoms with van der Waals surface area (Å²) in [5, 5.41) is 3.25. The minimum Gasteiger partial charge on any atom is -0.343 e. The van der Waals surface area contributed by atoms with Crippen LogP contribution in [0.5, 0.6) is 0 Å². The Morgan fingerprint density at radius 2 is 1.41 bits per heavy atom. The molecule has 15 heteroatoms. The molecule has 240 valence electrons. The average molecular weight is 667 g/mol. The number of piperidine rings is 2. The zero-order valence-electron chi connectivity index (χ0n) is 23.7. The Labute approximate surface area is 260 Å². The molecule has 2 fully saturated rings. The van der Waals surface area contributed by atoms with Gasteiger partial charge in [-0.2, -0.15) is 26.3 Å². The average Bonchev–Trinajstić information content (AvgIpc) is 2.97. The van der Waals surface area contributed by atoms with Crippen LogP contribution in [-0.2, 0) is 21.9 Å². The molecule has 0 saturated carbocycles. The van der Waals surface area contributed by atoms with E-state index in [4.69, 9.17) is 23.2 Å². The quantitative estimate of drug-likeness (QED) is 0.364. The number of alkyl halides is 6. The summed E-state index contributed by atoms with van der Waals surface area (Å²) in [6.45, 7) is 2.82. The monoisotopic (exact) mass is 666 g/mol. The number of likely N-dealkylation sites (tertiary alicyclic amines) is 2. The fourth-order valence-electron chi connectivity index (χ4n) is 5.61. The number of halogens is 8. The van der Waals surface area contributed by atoms with Crippen molar-refractivity contribution in [2.75, 3.05) is 38.1 Å². The Morgan fingerprint density at radius 3 is 1.93 bits per heavy atom. The fourth-order valence-corrected chi connectivity index (χ4v) is 5.92. The van der Waals surface area contributed by atoms with E-state index in [0.29, 0.717) is 48.5 Å². The normalized spacial score (nSPS) is 20.0. The van der Waals surface area contributed by atoms with E-state index in [-0.39, 0.29) is 53.4 Å². The number of nitrogens with zero attached hydrogens (tertiary/aromatic N) is 3. The lowest BCUT2D eigenvalue weighted by Crippen LogP contribution is -2.55. The summed E-state index contributed by atoms with van der Waals surface area (Å²) in [4.78, 5) is 42.5. The summed E-state index contributed by atoms with van der Waals surface area (Å²) in [6, 6.07) is 4.20. The number of urea groups is 1. The second kappa shape index (κ2) is 13.0. The van der Waals surface area contributed by atoms with Crippen LogP contribution in [0.4, 0.5) is 36.8 Å². The zero-order chi connectivity index (χ0) is 32.6. The summed E-state index contributed by atoms with van der Waals surface area (Å²) in [5.74, 6) is -0.967. The number of carbonyl (C=O) groups is 3. The first-order valence-electron chi connectivity index (χ1n) is 13.8. The SMILES string of the molecule is CC(=O)N1CCC(C(=O)N2CCC(NC(=O)N(C)c3cc(C(F)(F)F)cc(C(F)(F)F)c3)C(c3ccc(Cl)c(Cl)c3)C2)CC1. The maximum absolute atomic E-state index is 13.5. The van der Waals surface area contributed by atoms with E-state index in [0.717, 1.165) is 7.05 Å². The van der Waals surface area contributed by atoms with Crippen LogP contribution in [0.3, 0.4) is 0 Å². The molecule has 7 nitrogen and oxygen atoms in total. The molecule has 2 atom stereocenters. The molecular formula is C29H30Cl2F6N4O3. The van der Waals surface area contributed by atoms with Crippen LogP contribution in [0.25, 0.3) is 0 Å². The topological polar surface area (TPSA) is 73.0 Å². The fraction of sp³-hybridized carbons (Fsp3) is 0.483. The van der Waals surface area contributed by atoms with Crippen LogP contribution in [0.1, 0.15) is 48.8 Å². The number of amides is 4. The van der Waals surface area contributed by atoms with Crippen LogP contribution in [0, 0.1) is 5.92 Å². The van der Waals surface area contributed by atoms with Crippen LogP contribution in [0.2, 0.25) is 10.0 Å². The molecule has 4 amide bonds. The number of anilines is 1. The Bertz CT molecular complexity index is 1380. The molecule has 0 aromatic heterocycles. The van der Waals surface area contributed by atoms with Crippen molar-refractivity contribution in [3.8, 4) is 0 Å². The predicted molar refractivity (Wildman–Crippen MR) is 153 cm³/mol. The van der Waals surface area contributed by atoms with E-state index in [2.05, 4.69) is 5.32 Å². The van der Waals surface area contributed by atoms with Gasteiger partial charge in [0.2, 0.25) is 11.8 Å². The molecule has 2 unspecified atom stereocenters. The van der Waals surface area contributed by atoms with Gasteiger partial charge in [-0.05, 0) is 55.2 Å². The number of carbonyl (C=O) groups excluding carboxylic acids is 3. The van der Waals surface area contributed by atoms with Crippen molar-refractivity contribution in [1.29, 1.82) is 0 Å². The van der Waals surface area contributed by atoms with Crippen molar-refractivity contribution in [2.45, 2.75) is 50.5 Å². The summed E-state index contributed by atoms with van der Waals surface area (Å²) in [7, 11) is 1.07. The molecule has 2 aromatic carbocycles. The van der Waals surface area contributed by atoms with Crippen molar-refractivity contribution in [3.05, 3.63) is 63.1 Å². The van der Waals surface area contributed by atoms with Gasteiger partial charge in [-0.15, -0.1) is 0 Å². The highest BCUT2D eigenvalue weighted by Gasteiger charge is 2.39. The van der Waals surface area contributed by atoms with Crippen molar-refractivity contribution < 1.29 is 40.7 Å². The van der Waals surface area contributed by atoms with Gasteiger partial charge in [-0.3, -0.25) is 14.5 Å². The number of rotatable bonds is 4. The summed E-state index contributed by atoms with van der Waals surface area (Å²) in [5.41, 5.74) is -3.05. The van der Waals surface area contributed by atoms with Crippen LogP contribution >= 0.6 is 23.2 Å². The summed E-state index contributed by atoms with van der Waals surface area (Å²) < 4.78 is 80.4.